The molecule has 0 radical (unpaired) electrons. The Kier molecular flexibility index (Phi) is 5.38. The number of carbonyl (C=O) groups is 2. The monoisotopic (exact) mass is 330 g/mol. The highest BCUT2D eigenvalue weighted by atomic mass is 16.5. The standard InChI is InChI=1S/C19H26N2O3/c1-2-4-18(22)20-8-3-9-21(11-10-20)19(23)14-15-5-6-17-16(13-15)7-12-24-17/h5-6,13H,2-4,7-12,14H2,1H3. The molecule has 130 valence electrons. The quantitative estimate of drug-likeness (QED) is 0.849. The molecule has 5 heteroatoms. The molecule has 1 aromatic rings. The summed E-state index contributed by atoms with van der Waals surface area (Å²) in [6.07, 6.45) is 3.69. The van der Waals surface area contributed by atoms with Gasteiger partial charge in [-0.25, -0.2) is 0 Å². The molecule has 0 saturated carbocycles. The van der Waals surface area contributed by atoms with Crippen molar-refractivity contribution in [3.05, 3.63) is 29.3 Å². The average Bonchev–Trinajstić information content (AvgIpc) is 2.89. The summed E-state index contributed by atoms with van der Waals surface area (Å²) in [7, 11) is 0. The Bertz CT molecular complexity index is 615. The van der Waals surface area contributed by atoms with Crippen molar-refractivity contribution in [3.8, 4) is 5.75 Å². The van der Waals surface area contributed by atoms with Gasteiger partial charge in [0.05, 0.1) is 13.0 Å². The molecule has 2 amide bonds. The van der Waals surface area contributed by atoms with Crippen LogP contribution in [0.2, 0.25) is 0 Å². The number of nitrogens with zero attached hydrogens (tertiary/aromatic N) is 2. The number of fused-ring (bicyclic) bond motifs is 1. The van der Waals surface area contributed by atoms with Crippen LogP contribution in [0.4, 0.5) is 0 Å². The molecule has 1 aromatic carbocycles. The maximum absolute atomic E-state index is 12.6. The Morgan fingerprint density at radius 2 is 1.83 bits per heavy atom. The minimum Gasteiger partial charge on any atom is -0.493 e. The smallest absolute Gasteiger partial charge is 0.227 e. The molecule has 5 nitrogen and oxygen atoms in total. The minimum absolute atomic E-state index is 0.152. The zero-order valence-electron chi connectivity index (χ0n) is 14.4. The molecule has 2 aliphatic heterocycles. The van der Waals surface area contributed by atoms with Gasteiger partial charge < -0.3 is 14.5 Å². The lowest BCUT2D eigenvalue weighted by atomic mass is 10.1. The van der Waals surface area contributed by atoms with E-state index in [-0.39, 0.29) is 11.8 Å². The number of benzene rings is 1. The topological polar surface area (TPSA) is 49.9 Å². The third-order valence-electron chi connectivity index (χ3n) is 4.77. The van der Waals surface area contributed by atoms with Gasteiger partial charge in [0, 0.05) is 39.0 Å². The van der Waals surface area contributed by atoms with Crippen molar-refractivity contribution in [3.63, 3.8) is 0 Å². The molecule has 3 rings (SSSR count). The van der Waals surface area contributed by atoms with Crippen LogP contribution in [0, 0.1) is 0 Å². The van der Waals surface area contributed by atoms with Gasteiger partial charge in [-0.15, -0.1) is 0 Å². The van der Waals surface area contributed by atoms with Gasteiger partial charge in [0.25, 0.3) is 0 Å². The summed E-state index contributed by atoms with van der Waals surface area (Å²) in [5, 5.41) is 0. The third-order valence-corrected chi connectivity index (χ3v) is 4.77. The third kappa shape index (κ3) is 3.89. The fourth-order valence-corrected chi connectivity index (χ4v) is 3.42. The molecule has 2 heterocycles. The Balaban J connectivity index is 1.56. The van der Waals surface area contributed by atoms with Gasteiger partial charge in [0.2, 0.25) is 11.8 Å². The van der Waals surface area contributed by atoms with Crippen LogP contribution < -0.4 is 4.74 Å². The summed E-state index contributed by atoms with van der Waals surface area (Å²) < 4.78 is 5.51. The molecule has 0 atom stereocenters. The van der Waals surface area contributed by atoms with Crippen molar-refractivity contribution >= 4 is 11.8 Å². The predicted molar refractivity (Wildman–Crippen MR) is 92.0 cm³/mol. The molecule has 1 saturated heterocycles. The second-order valence-corrected chi connectivity index (χ2v) is 6.58. The number of amides is 2. The minimum atomic E-state index is 0.152. The van der Waals surface area contributed by atoms with E-state index in [0.717, 1.165) is 50.3 Å². The first-order chi connectivity index (χ1) is 11.7. The van der Waals surface area contributed by atoms with E-state index in [1.807, 2.05) is 28.9 Å². The zero-order valence-corrected chi connectivity index (χ0v) is 14.4. The number of hydrogen-bond donors (Lipinski definition) is 0. The van der Waals surface area contributed by atoms with E-state index < -0.39 is 0 Å². The first kappa shape index (κ1) is 16.8. The summed E-state index contributed by atoms with van der Waals surface area (Å²) in [5.74, 6) is 1.31. The second-order valence-electron chi connectivity index (χ2n) is 6.58. The van der Waals surface area contributed by atoms with E-state index in [4.69, 9.17) is 4.74 Å². The van der Waals surface area contributed by atoms with Gasteiger partial charge in [-0.1, -0.05) is 19.1 Å². The lowest BCUT2D eigenvalue weighted by Gasteiger charge is -2.22. The van der Waals surface area contributed by atoms with Crippen molar-refractivity contribution in [2.24, 2.45) is 0 Å². The van der Waals surface area contributed by atoms with Gasteiger partial charge in [-0.05, 0) is 30.0 Å². The molecular weight excluding hydrogens is 304 g/mol. The Labute approximate surface area is 143 Å². The maximum Gasteiger partial charge on any atom is 0.227 e. The summed E-state index contributed by atoms with van der Waals surface area (Å²) in [5.41, 5.74) is 2.25. The highest BCUT2D eigenvalue weighted by Gasteiger charge is 2.22. The first-order valence-corrected chi connectivity index (χ1v) is 8.97. The van der Waals surface area contributed by atoms with Gasteiger partial charge in [0.1, 0.15) is 5.75 Å². The van der Waals surface area contributed by atoms with Gasteiger partial charge in [-0.2, -0.15) is 0 Å². The van der Waals surface area contributed by atoms with Crippen LogP contribution in [-0.2, 0) is 22.4 Å². The molecule has 0 aliphatic carbocycles. The Morgan fingerprint density at radius 1 is 1.08 bits per heavy atom. The van der Waals surface area contributed by atoms with E-state index >= 15 is 0 Å². The SMILES string of the molecule is CCCC(=O)N1CCCN(C(=O)Cc2ccc3c(c2)CCO3)CC1. The number of ether oxygens (including phenoxy) is 1. The highest BCUT2D eigenvalue weighted by molar-refractivity contribution is 5.79. The lowest BCUT2D eigenvalue weighted by molar-refractivity contribution is -0.133. The molecule has 0 N–H and O–H groups in total. The van der Waals surface area contributed by atoms with Crippen LogP contribution in [0.25, 0.3) is 0 Å². The average molecular weight is 330 g/mol. The van der Waals surface area contributed by atoms with Crippen molar-refractivity contribution in [2.75, 3.05) is 32.8 Å². The largest absolute Gasteiger partial charge is 0.493 e. The normalized spacial score (nSPS) is 17.2. The number of carbonyl (C=O) groups excluding carboxylic acids is 2. The highest BCUT2D eigenvalue weighted by Crippen LogP contribution is 2.26. The molecule has 1 fully saturated rings. The predicted octanol–water partition coefficient (Wildman–Crippen LogP) is 2.02. The van der Waals surface area contributed by atoms with Crippen LogP contribution in [0.15, 0.2) is 18.2 Å². The van der Waals surface area contributed by atoms with Crippen LogP contribution in [-0.4, -0.2) is 54.4 Å². The summed E-state index contributed by atoms with van der Waals surface area (Å²) in [4.78, 5) is 28.5. The Hall–Kier alpha value is -2.04. The Morgan fingerprint density at radius 3 is 2.58 bits per heavy atom. The van der Waals surface area contributed by atoms with E-state index in [1.165, 1.54) is 5.56 Å². The van der Waals surface area contributed by atoms with Crippen molar-refractivity contribution in [1.29, 1.82) is 0 Å². The maximum atomic E-state index is 12.6. The molecular formula is C19H26N2O3. The summed E-state index contributed by atoms with van der Waals surface area (Å²) in [6, 6.07) is 6.05. The van der Waals surface area contributed by atoms with Crippen LogP contribution in [0.3, 0.4) is 0 Å². The summed E-state index contributed by atoms with van der Waals surface area (Å²) >= 11 is 0. The van der Waals surface area contributed by atoms with E-state index in [1.54, 1.807) is 0 Å². The van der Waals surface area contributed by atoms with E-state index in [9.17, 15) is 9.59 Å². The lowest BCUT2D eigenvalue weighted by Crippen LogP contribution is -2.37. The van der Waals surface area contributed by atoms with Crippen LogP contribution in [0.5, 0.6) is 5.75 Å². The summed E-state index contributed by atoms with van der Waals surface area (Å²) in [6.45, 7) is 5.56. The molecule has 0 spiro atoms. The van der Waals surface area contributed by atoms with Gasteiger partial charge in [-0.3, -0.25) is 9.59 Å². The second kappa shape index (κ2) is 7.69. The molecule has 0 aromatic heterocycles. The molecule has 0 bridgehead atoms. The van der Waals surface area contributed by atoms with Crippen molar-refractivity contribution in [2.45, 2.75) is 39.0 Å². The van der Waals surface area contributed by atoms with Gasteiger partial charge >= 0.3 is 0 Å². The van der Waals surface area contributed by atoms with Crippen molar-refractivity contribution in [1.82, 2.24) is 9.80 Å². The molecule has 24 heavy (non-hydrogen) atoms. The first-order valence-electron chi connectivity index (χ1n) is 8.97. The zero-order chi connectivity index (χ0) is 16.9. The van der Waals surface area contributed by atoms with Crippen LogP contribution >= 0.6 is 0 Å². The van der Waals surface area contributed by atoms with Crippen molar-refractivity contribution < 1.29 is 14.3 Å². The fraction of sp³-hybridized carbons (Fsp3) is 0.579. The van der Waals surface area contributed by atoms with Crippen LogP contribution in [0.1, 0.15) is 37.3 Å². The van der Waals surface area contributed by atoms with E-state index in [2.05, 4.69) is 6.07 Å². The number of hydrogen-bond acceptors (Lipinski definition) is 3. The molecule has 2 aliphatic rings. The molecule has 0 unspecified atom stereocenters. The van der Waals surface area contributed by atoms with E-state index in [0.29, 0.717) is 25.9 Å². The number of rotatable bonds is 4. The van der Waals surface area contributed by atoms with Gasteiger partial charge in [0.15, 0.2) is 0 Å². The fourth-order valence-electron chi connectivity index (χ4n) is 3.42.